The van der Waals surface area contributed by atoms with E-state index in [1.54, 1.807) is 12.2 Å². The van der Waals surface area contributed by atoms with Crippen LogP contribution in [0.25, 0.3) is 0 Å². The lowest BCUT2D eigenvalue weighted by Crippen LogP contribution is -2.47. The number of rotatable bonds is 9. The molecule has 2 aromatic carbocycles. The van der Waals surface area contributed by atoms with Crippen LogP contribution in [0, 0.1) is 0 Å². The van der Waals surface area contributed by atoms with Crippen molar-refractivity contribution in [2.24, 2.45) is 0 Å². The van der Waals surface area contributed by atoms with Crippen LogP contribution in [-0.4, -0.2) is 66.7 Å². The predicted octanol–water partition coefficient (Wildman–Crippen LogP) is 5.17. The molecule has 2 N–H and O–H groups in total. The molecule has 1 aliphatic carbocycles. The minimum atomic E-state index is -0.276. The Balaban J connectivity index is 1.26. The standard InChI is InChI=1S/C30H34ClN7O3/c1-3-30(39)35-23-16-24(27(40-2)17-26(23)37-12-10-36(11-13-37)22-7-8-22)34-28-18-29(33-19-32-28)38-25(9-14-41-38)20-5-4-6-21(31)15-20/h3-6,15-19,22,25H,1,7-14H2,2H3,(H,35,39)(H,32,33,34). The largest absolute Gasteiger partial charge is 0.494 e. The van der Waals surface area contributed by atoms with Gasteiger partial charge in [-0.3, -0.25) is 14.5 Å². The number of piperazine rings is 1. The summed E-state index contributed by atoms with van der Waals surface area (Å²) in [4.78, 5) is 32.1. The van der Waals surface area contributed by atoms with E-state index in [0.717, 1.165) is 49.9 Å². The molecule has 0 bridgehead atoms. The molecule has 2 aliphatic heterocycles. The SMILES string of the molecule is C=CC(=O)Nc1cc(Nc2cc(N3OCCC3c3cccc(Cl)c3)ncn2)c(OC)cc1N1CCN(C2CC2)CC1. The zero-order valence-electron chi connectivity index (χ0n) is 23.1. The molecule has 2 saturated heterocycles. The highest BCUT2D eigenvalue weighted by Crippen LogP contribution is 2.40. The summed E-state index contributed by atoms with van der Waals surface area (Å²) in [5, 5.41) is 8.83. The minimum absolute atomic E-state index is 0.0219. The number of methoxy groups -OCH3 is 1. The molecule has 3 fully saturated rings. The maximum absolute atomic E-state index is 12.4. The van der Waals surface area contributed by atoms with Gasteiger partial charge in [0.1, 0.15) is 17.9 Å². The van der Waals surface area contributed by atoms with Crippen molar-refractivity contribution in [3.8, 4) is 5.75 Å². The fourth-order valence-electron chi connectivity index (χ4n) is 5.53. The maximum Gasteiger partial charge on any atom is 0.247 e. The molecule has 1 unspecified atom stereocenters. The fraction of sp³-hybridized carbons (Fsp3) is 0.367. The van der Waals surface area contributed by atoms with E-state index in [9.17, 15) is 4.79 Å². The van der Waals surface area contributed by atoms with Crippen LogP contribution in [0.5, 0.6) is 5.75 Å². The summed E-state index contributed by atoms with van der Waals surface area (Å²) in [5.74, 6) is 1.53. The second kappa shape index (κ2) is 11.9. The lowest BCUT2D eigenvalue weighted by molar-refractivity contribution is -0.111. The Hall–Kier alpha value is -3.86. The normalized spacial score (nSPS) is 19.2. The molecule has 214 valence electrons. The van der Waals surface area contributed by atoms with Crippen LogP contribution in [0.1, 0.15) is 30.9 Å². The van der Waals surface area contributed by atoms with E-state index in [2.05, 4.69) is 37.0 Å². The molecule has 0 spiro atoms. The number of aromatic nitrogens is 2. The summed E-state index contributed by atoms with van der Waals surface area (Å²) in [5.41, 5.74) is 3.30. The van der Waals surface area contributed by atoms with Gasteiger partial charge in [-0.1, -0.05) is 30.3 Å². The smallest absolute Gasteiger partial charge is 0.247 e. The third-order valence-electron chi connectivity index (χ3n) is 7.76. The van der Waals surface area contributed by atoms with E-state index in [0.29, 0.717) is 40.4 Å². The van der Waals surface area contributed by atoms with Crippen molar-refractivity contribution in [3.05, 3.63) is 72.0 Å². The zero-order valence-corrected chi connectivity index (χ0v) is 23.8. The van der Waals surface area contributed by atoms with Crippen LogP contribution in [0.4, 0.5) is 28.7 Å². The molecule has 1 aromatic heterocycles. The van der Waals surface area contributed by atoms with E-state index in [4.69, 9.17) is 21.2 Å². The van der Waals surface area contributed by atoms with Gasteiger partial charge < -0.3 is 20.3 Å². The van der Waals surface area contributed by atoms with Crippen LogP contribution < -0.4 is 25.3 Å². The highest BCUT2D eigenvalue weighted by Gasteiger charge is 2.32. The lowest BCUT2D eigenvalue weighted by Gasteiger charge is -2.37. The molecule has 10 nitrogen and oxygen atoms in total. The summed E-state index contributed by atoms with van der Waals surface area (Å²) < 4.78 is 5.80. The topological polar surface area (TPSA) is 95.1 Å². The number of anilines is 5. The number of hydroxylamine groups is 1. The summed E-state index contributed by atoms with van der Waals surface area (Å²) in [6.45, 7) is 7.95. The van der Waals surface area contributed by atoms with Crippen molar-refractivity contribution < 1.29 is 14.4 Å². The lowest BCUT2D eigenvalue weighted by atomic mass is 10.0. The van der Waals surface area contributed by atoms with E-state index in [1.807, 2.05) is 42.5 Å². The molecule has 1 amide bonds. The molecule has 3 aliphatic rings. The van der Waals surface area contributed by atoms with Crippen molar-refractivity contribution >= 4 is 46.2 Å². The number of nitrogens with one attached hydrogen (secondary N) is 2. The number of hydrogen-bond donors (Lipinski definition) is 2. The molecule has 3 aromatic rings. The Morgan fingerprint density at radius 2 is 1.93 bits per heavy atom. The average molecular weight is 576 g/mol. The number of amides is 1. The Morgan fingerprint density at radius 3 is 2.66 bits per heavy atom. The molecule has 3 heterocycles. The third-order valence-corrected chi connectivity index (χ3v) is 7.99. The second-order valence-corrected chi connectivity index (χ2v) is 10.9. The van der Waals surface area contributed by atoms with E-state index in [-0.39, 0.29) is 11.9 Å². The van der Waals surface area contributed by atoms with E-state index < -0.39 is 0 Å². The van der Waals surface area contributed by atoms with Crippen LogP contribution in [0.3, 0.4) is 0 Å². The maximum atomic E-state index is 12.4. The number of carbonyl (C=O) groups is 1. The van der Waals surface area contributed by atoms with Gasteiger partial charge in [-0.2, -0.15) is 0 Å². The van der Waals surface area contributed by atoms with E-state index in [1.165, 1.54) is 25.2 Å². The second-order valence-electron chi connectivity index (χ2n) is 10.4. The number of ether oxygens (including phenoxy) is 1. The Kier molecular flexibility index (Phi) is 7.95. The minimum Gasteiger partial charge on any atom is -0.494 e. The quantitative estimate of drug-likeness (QED) is 0.335. The summed E-state index contributed by atoms with van der Waals surface area (Å²) in [6, 6.07) is 14.2. The van der Waals surface area contributed by atoms with Gasteiger partial charge in [0.15, 0.2) is 5.82 Å². The number of benzene rings is 2. The van der Waals surface area contributed by atoms with Crippen LogP contribution in [-0.2, 0) is 9.63 Å². The van der Waals surface area contributed by atoms with Gasteiger partial charge >= 0.3 is 0 Å². The molecule has 41 heavy (non-hydrogen) atoms. The van der Waals surface area contributed by atoms with Gasteiger partial charge in [0.05, 0.1) is 36.8 Å². The Morgan fingerprint density at radius 1 is 1.10 bits per heavy atom. The van der Waals surface area contributed by atoms with Gasteiger partial charge in [0.2, 0.25) is 5.91 Å². The first-order valence-corrected chi connectivity index (χ1v) is 14.3. The van der Waals surface area contributed by atoms with Crippen molar-refractivity contribution in [2.45, 2.75) is 31.3 Å². The van der Waals surface area contributed by atoms with Crippen LogP contribution >= 0.6 is 11.6 Å². The van der Waals surface area contributed by atoms with Gasteiger partial charge in [-0.05, 0) is 42.7 Å². The molecule has 6 rings (SSSR count). The zero-order chi connectivity index (χ0) is 28.3. The molecular weight excluding hydrogens is 542 g/mol. The Labute approximate surface area is 244 Å². The molecule has 0 radical (unpaired) electrons. The van der Waals surface area contributed by atoms with Gasteiger partial charge in [0.25, 0.3) is 0 Å². The Bertz CT molecular complexity index is 1420. The third kappa shape index (κ3) is 6.09. The highest BCUT2D eigenvalue weighted by molar-refractivity contribution is 6.30. The monoisotopic (exact) mass is 575 g/mol. The van der Waals surface area contributed by atoms with Crippen molar-refractivity contribution in [1.82, 2.24) is 14.9 Å². The van der Waals surface area contributed by atoms with Crippen molar-refractivity contribution in [1.29, 1.82) is 0 Å². The molecule has 1 atom stereocenters. The first-order valence-electron chi connectivity index (χ1n) is 13.9. The fourth-order valence-corrected chi connectivity index (χ4v) is 5.73. The molecule has 11 heteroatoms. The summed E-state index contributed by atoms with van der Waals surface area (Å²) >= 11 is 6.25. The predicted molar refractivity (Wildman–Crippen MR) is 161 cm³/mol. The average Bonchev–Trinajstić information content (AvgIpc) is 3.73. The van der Waals surface area contributed by atoms with Crippen LogP contribution in [0.15, 0.2) is 61.4 Å². The first-order chi connectivity index (χ1) is 20.0. The number of nitrogens with zero attached hydrogens (tertiary/aromatic N) is 5. The number of halogens is 1. The first kappa shape index (κ1) is 27.3. The number of hydrogen-bond acceptors (Lipinski definition) is 9. The van der Waals surface area contributed by atoms with Crippen LogP contribution in [0.2, 0.25) is 5.02 Å². The van der Waals surface area contributed by atoms with E-state index >= 15 is 0 Å². The van der Waals surface area contributed by atoms with Gasteiger partial charge in [-0.25, -0.2) is 15.0 Å². The number of carbonyl (C=O) groups excluding carboxylic acids is 1. The summed E-state index contributed by atoms with van der Waals surface area (Å²) in [7, 11) is 1.64. The van der Waals surface area contributed by atoms with Gasteiger partial charge in [0, 0.05) is 55.8 Å². The molecular formula is C30H34ClN7O3. The molecule has 1 saturated carbocycles. The van der Waals surface area contributed by atoms with Gasteiger partial charge in [-0.15, -0.1) is 0 Å². The highest BCUT2D eigenvalue weighted by atomic mass is 35.5. The summed E-state index contributed by atoms with van der Waals surface area (Å²) in [6.07, 6.45) is 6.17. The van der Waals surface area contributed by atoms with Crippen molar-refractivity contribution in [3.63, 3.8) is 0 Å². The van der Waals surface area contributed by atoms with Crippen molar-refractivity contribution in [2.75, 3.05) is 60.5 Å².